The highest BCUT2D eigenvalue weighted by Gasteiger charge is 2.54. The number of aliphatic hydroxyl groups is 9. The van der Waals surface area contributed by atoms with Gasteiger partial charge in [0.2, 0.25) is 11.6 Å². The van der Waals surface area contributed by atoms with E-state index in [-0.39, 0.29) is 17.9 Å². The van der Waals surface area contributed by atoms with Gasteiger partial charge in [-0.15, -0.1) is 0 Å². The Morgan fingerprint density at radius 2 is 1.44 bits per heavy atom. The molecule has 12 nitrogen and oxygen atoms in total. The predicted octanol–water partition coefficient (Wildman–Crippen LogP) is -1.53. The lowest BCUT2D eigenvalue weighted by Crippen LogP contribution is -2.68. The molecule has 2 fully saturated rings. The van der Waals surface area contributed by atoms with E-state index in [1.165, 1.54) is 0 Å². The first-order valence-corrected chi connectivity index (χ1v) is 13.3. The maximum absolute atomic E-state index is 10.8. The number of hydrogen-bond acceptors (Lipinski definition) is 12. The van der Waals surface area contributed by atoms with Crippen LogP contribution in [0.4, 0.5) is 0 Å². The van der Waals surface area contributed by atoms with Crippen LogP contribution in [0.25, 0.3) is 0 Å². The van der Waals surface area contributed by atoms with Gasteiger partial charge in [-0.1, -0.05) is 64.4 Å². The minimum Gasteiger partial charge on any atom is -0.394 e. The third-order valence-electron chi connectivity index (χ3n) is 7.92. The van der Waals surface area contributed by atoms with Crippen molar-refractivity contribution < 1.29 is 60.2 Å². The Bertz CT molecular complexity index is 843. The SMILES string of the molecule is CC[C@@H](C)C1O[C@@](O)(CO)C(OCc2ccccc2)[C@@H](C)[C@@H]1C.OC[C@@H](O)C1O[C@@](O)(CO)C(O)[C@@H](O)[C@@H]1O. The maximum Gasteiger partial charge on any atom is 0.219 e. The van der Waals surface area contributed by atoms with E-state index in [4.69, 9.17) is 24.4 Å². The smallest absolute Gasteiger partial charge is 0.219 e. The Balaban J connectivity index is 0.000000293. The zero-order chi connectivity index (χ0) is 29.5. The molecule has 0 aliphatic carbocycles. The van der Waals surface area contributed by atoms with E-state index in [2.05, 4.69) is 27.7 Å². The van der Waals surface area contributed by atoms with Crippen LogP contribution in [-0.4, -0.2) is 120 Å². The van der Waals surface area contributed by atoms with Crippen molar-refractivity contribution in [2.75, 3.05) is 19.8 Å². The minimum atomic E-state index is -2.49. The van der Waals surface area contributed by atoms with Crippen LogP contribution in [0.2, 0.25) is 0 Å². The van der Waals surface area contributed by atoms with E-state index in [1.54, 1.807) is 0 Å². The normalized spacial score (nSPS) is 40.3. The molecule has 0 amide bonds. The number of ether oxygens (including phenoxy) is 3. The lowest BCUT2D eigenvalue weighted by molar-refractivity contribution is -0.365. The summed E-state index contributed by atoms with van der Waals surface area (Å²) in [7, 11) is 0. The Hall–Kier alpha value is -1.26. The minimum absolute atomic E-state index is 0.0799. The first-order chi connectivity index (χ1) is 18.3. The Morgan fingerprint density at radius 1 is 0.872 bits per heavy atom. The zero-order valence-electron chi connectivity index (χ0n) is 22.9. The highest BCUT2D eigenvalue weighted by molar-refractivity contribution is 5.13. The molecule has 0 aromatic heterocycles. The largest absolute Gasteiger partial charge is 0.394 e. The topological polar surface area (TPSA) is 210 Å². The van der Waals surface area contributed by atoms with Gasteiger partial charge in [-0.25, -0.2) is 0 Å². The molecule has 12 atom stereocenters. The summed E-state index contributed by atoms with van der Waals surface area (Å²) in [6.07, 6.45) is -8.16. The van der Waals surface area contributed by atoms with E-state index < -0.39 is 68.0 Å². The zero-order valence-corrected chi connectivity index (χ0v) is 22.9. The van der Waals surface area contributed by atoms with Crippen LogP contribution in [0.5, 0.6) is 0 Å². The van der Waals surface area contributed by atoms with Crippen molar-refractivity contribution in [1.29, 1.82) is 0 Å². The van der Waals surface area contributed by atoms with Gasteiger partial charge in [0, 0.05) is 0 Å². The molecule has 39 heavy (non-hydrogen) atoms. The fourth-order valence-electron chi connectivity index (χ4n) is 5.00. The van der Waals surface area contributed by atoms with Gasteiger partial charge in [0.25, 0.3) is 0 Å². The molecule has 0 radical (unpaired) electrons. The molecule has 1 aromatic rings. The second-order valence-electron chi connectivity index (χ2n) is 10.7. The van der Waals surface area contributed by atoms with Gasteiger partial charge in [0.05, 0.1) is 32.5 Å². The Morgan fingerprint density at radius 3 is 1.95 bits per heavy atom. The fraction of sp³-hybridized carbons (Fsp3) is 0.778. The predicted molar refractivity (Wildman–Crippen MR) is 138 cm³/mol. The van der Waals surface area contributed by atoms with E-state index in [9.17, 15) is 35.7 Å². The quantitative estimate of drug-likeness (QED) is 0.168. The molecule has 226 valence electrons. The molecule has 2 aliphatic rings. The standard InChI is InChI=1S/C19H30O4.C8H16O8/c1-5-13(2)17-14(3)15(4)18(19(21,12-20)23-17)22-11-16-9-7-6-8-10-16;9-1-3(11)6-4(12)5(13)7(14)8(15,2-10)16-6/h6-10,13-15,17-18,20-21H,5,11-12H2,1-4H3;3-7,9-15H,1-2H2/t13-,14+,15+,17?,18?,19+;3-,4+,5+,6?,7?,8+/m11/s1. The molecule has 2 aliphatic heterocycles. The molecule has 0 bridgehead atoms. The van der Waals surface area contributed by atoms with Crippen molar-refractivity contribution in [3.63, 3.8) is 0 Å². The van der Waals surface area contributed by atoms with Crippen molar-refractivity contribution >= 4 is 0 Å². The van der Waals surface area contributed by atoms with E-state index in [0.717, 1.165) is 12.0 Å². The van der Waals surface area contributed by atoms with Crippen LogP contribution in [0.3, 0.4) is 0 Å². The van der Waals surface area contributed by atoms with Crippen molar-refractivity contribution in [1.82, 2.24) is 0 Å². The molecule has 2 saturated heterocycles. The van der Waals surface area contributed by atoms with Crippen LogP contribution in [-0.2, 0) is 20.8 Å². The molecule has 2 heterocycles. The average Bonchev–Trinajstić information content (AvgIpc) is 2.95. The molecular weight excluding hydrogens is 516 g/mol. The second kappa shape index (κ2) is 14.6. The Kier molecular flexibility index (Phi) is 12.7. The van der Waals surface area contributed by atoms with E-state index in [1.807, 2.05) is 30.3 Å². The van der Waals surface area contributed by atoms with Crippen LogP contribution >= 0.6 is 0 Å². The monoisotopic (exact) mass is 562 g/mol. The third kappa shape index (κ3) is 7.73. The molecule has 3 rings (SSSR count). The van der Waals surface area contributed by atoms with Crippen molar-refractivity contribution in [2.45, 2.75) is 95.0 Å². The second-order valence-corrected chi connectivity index (χ2v) is 10.7. The number of aliphatic hydroxyl groups excluding tert-OH is 7. The molecule has 9 N–H and O–H groups in total. The first kappa shape index (κ1) is 33.9. The van der Waals surface area contributed by atoms with E-state index >= 15 is 0 Å². The number of hydrogen-bond donors (Lipinski definition) is 9. The van der Waals surface area contributed by atoms with Gasteiger partial charge in [0.1, 0.15) is 36.6 Å². The van der Waals surface area contributed by atoms with Gasteiger partial charge in [-0.2, -0.15) is 0 Å². The van der Waals surface area contributed by atoms with Gasteiger partial charge >= 0.3 is 0 Å². The van der Waals surface area contributed by atoms with Crippen molar-refractivity contribution in [2.24, 2.45) is 17.8 Å². The van der Waals surface area contributed by atoms with Crippen molar-refractivity contribution in [3.8, 4) is 0 Å². The third-order valence-corrected chi connectivity index (χ3v) is 7.92. The highest BCUT2D eigenvalue weighted by Crippen LogP contribution is 2.41. The summed E-state index contributed by atoms with van der Waals surface area (Å²) >= 11 is 0. The van der Waals surface area contributed by atoms with Crippen LogP contribution in [0, 0.1) is 17.8 Å². The lowest BCUT2D eigenvalue weighted by Gasteiger charge is -2.50. The summed E-state index contributed by atoms with van der Waals surface area (Å²) in [6.45, 7) is 6.56. The van der Waals surface area contributed by atoms with Crippen LogP contribution in [0.15, 0.2) is 30.3 Å². The molecule has 1 aromatic carbocycles. The fourth-order valence-corrected chi connectivity index (χ4v) is 5.00. The first-order valence-electron chi connectivity index (χ1n) is 13.3. The summed E-state index contributed by atoms with van der Waals surface area (Å²) in [6, 6.07) is 9.84. The number of rotatable bonds is 9. The average molecular weight is 563 g/mol. The van der Waals surface area contributed by atoms with Crippen LogP contribution < -0.4 is 0 Å². The molecule has 0 saturated carbocycles. The van der Waals surface area contributed by atoms with Gasteiger partial charge in [-0.05, 0) is 23.3 Å². The summed E-state index contributed by atoms with van der Waals surface area (Å²) in [5.41, 5.74) is 1.04. The van der Waals surface area contributed by atoms with Gasteiger partial charge in [0.15, 0.2) is 0 Å². The molecule has 12 heteroatoms. The summed E-state index contributed by atoms with van der Waals surface area (Å²) in [5.74, 6) is -3.48. The molecule has 0 spiro atoms. The molecular formula is C27H46O12. The number of benzene rings is 1. The summed E-state index contributed by atoms with van der Waals surface area (Å²) in [5, 5.41) is 85.1. The maximum atomic E-state index is 10.8. The van der Waals surface area contributed by atoms with E-state index in [0.29, 0.717) is 12.5 Å². The lowest BCUT2D eigenvalue weighted by atomic mass is 9.76. The van der Waals surface area contributed by atoms with Gasteiger partial charge < -0.3 is 60.2 Å². The Labute approximate surface area is 229 Å². The summed E-state index contributed by atoms with van der Waals surface area (Å²) in [4.78, 5) is 0. The molecule has 4 unspecified atom stereocenters. The summed E-state index contributed by atoms with van der Waals surface area (Å²) < 4.78 is 16.6. The van der Waals surface area contributed by atoms with Crippen LogP contribution in [0.1, 0.15) is 39.7 Å². The van der Waals surface area contributed by atoms with Crippen molar-refractivity contribution in [3.05, 3.63) is 35.9 Å². The van der Waals surface area contributed by atoms with Gasteiger partial charge in [-0.3, -0.25) is 0 Å². The highest BCUT2D eigenvalue weighted by atomic mass is 16.7.